The first-order valence-corrected chi connectivity index (χ1v) is 12.6. The highest BCUT2D eigenvalue weighted by Crippen LogP contribution is 2.30. The van der Waals surface area contributed by atoms with Gasteiger partial charge in [-0.3, -0.25) is 9.91 Å². The Kier molecular flexibility index (Phi) is 5.90. The summed E-state index contributed by atoms with van der Waals surface area (Å²) in [4.78, 5) is 4.91. The first kappa shape index (κ1) is 22.1. The van der Waals surface area contributed by atoms with Crippen LogP contribution in [-0.2, 0) is 0 Å². The van der Waals surface area contributed by atoms with Crippen molar-refractivity contribution >= 4 is 11.9 Å². The van der Waals surface area contributed by atoms with Crippen LogP contribution < -0.4 is 4.90 Å². The average Bonchev–Trinajstić information content (AvgIpc) is 3.37. The van der Waals surface area contributed by atoms with Crippen molar-refractivity contribution in [2.45, 2.75) is 31.7 Å². The standard InChI is InChI=1S/C27H31FN6O/c28-26-16-20(15-21(27(26)35)17-29-33-13-11-32(12-14-33)24-3-4-24)22-18-30-34(19-22)25-7-5-23(6-8-25)31-9-1-2-10-31/h5-8,15-19,24,35H,1-4,9-14H2/b29-17+. The Morgan fingerprint density at radius 3 is 2.34 bits per heavy atom. The molecular weight excluding hydrogens is 443 g/mol. The Balaban J connectivity index is 1.18. The van der Waals surface area contributed by atoms with Gasteiger partial charge in [0.2, 0.25) is 0 Å². The molecule has 0 amide bonds. The fraction of sp³-hybridized carbons (Fsp3) is 0.407. The lowest BCUT2D eigenvalue weighted by molar-refractivity contribution is 0.130. The van der Waals surface area contributed by atoms with Crippen LogP contribution in [0.1, 0.15) is 31.2 Å². The van der Waals surface area contributed by atoms with Crippen molar-refractivity contribution in [2.75, 3.05) is 44.2 Å². The number of hydrogen-bond donors (Lipinski definition) is 1. The highest BCUT2D eigenvalue weighted by atomic mass is 19.1. The van der Waals surface area contributed by atoms with E-state index < -0.39 is 5.82 Å². The number of rotatable bonds is 6. The summed E-state index contributed by atoms with van der Waals surface area (Å²) in [7, 11) is 0. The highest BCUT2D eigenvalue weighted by molar-refractivity contribution is 5.86. The smallest absolute Gasteiger partial charge is 0.166 e. The zero-order valence-corrected chi connectivity index (χ0v) is 19.9. The summed E-state index contributed by atoms with van der Waals surface area (Å²) in [5.41, 5.74) is 3.98. The number of anilines is 1. The van der Waals surface area contributed by atoms with Gasteiger partial charge in [-0.25, -0.2) is 9.07 Å². The fourth-order valence-electron chi connectivity index (χ4n) is 5.07. The van der Waals surface area contributed by atoms with E-state index in [1.807, 2.05) is 11.2 Å². The van der Waals surface area contributed by atoms with Crippen LogP contribution >= 0.6 is 0 Å². The maximum absolute atomic E-state index is 14.6. The molecule has 8 heteroatoms. The summed E-state index contributed by atoms with van der Waals surface area (Å²) in [5, 5.41) is 21.3. The Bertz CT molecular complexity index is 1200. The third-order valence-corrected chi connectivity index (χ3v) is 7.31. The van der Waals surface area contributed by atoms with Crippen LogP contribution in [0, 0.1) is 5.82 Å². The van der Waals surface area contributed by atoms with Crippen molar-refractivity contribution in [3.63, 3.8) is 0 Å². The number of benzene rings is 2. The summed E-state index contributed by atoms with van der Waals surface area (Å²) < 4.78 is 16.4. The number of hydrazone groups is 1. The van der Waals surface area contributed by atoms with Crippen LogP contribution in [0.5, 0.6) is 5.75 Å². The monoisotopic (exact) mass is 474 g/mol. The van der Waals surface area contributed by atoms with Gasteiger partial charge in [0.15, 0.2) is 11.6 Å². The van der Waals surface area contributed by atoms with E-state index >= 15 is 0 Å². The molecule has 1 N–H and O–H groups in total. The Hall–Kier alpha value is -3.39. The Morgan fingerprint density at radius 2 is 1.63 bits per heavy atom. The molecule has 2 saturated heterocycles. The molecule has 0 bridgehead atoms. The number of phenols is 1. The number of piperazine rings is 1. The van der Waals surface area contributed by atoms with Crippen LogP contribution in [0.15, 0.2) is 53.9 Å². The van der Waals surface area contributed by atoms with Crippen molar-refractivity contribution in [1.82, 2.24) is 19.7 Å². The molecule has 7 nitrogen and oxygen atoms in total. The molecule has 2 aliphatic heterocycles. The van der Waals surface area contributed by atoms with Gasteiger partial charge in [0.1, 0.15) is 0 Å². The lowest BCUT2D eigenvalue weighted by Gasteiger charge is -2.33. The molecular formula is C27H31FN6O. The van der Waals surface area contributed by atoms with Crippen LogP contribution in [0.4, 0.5) is 10.1 Å². The van der Waals surface area contributed by atoms with Crippen molar-refractivity contribution in [2.24, 2.45) is 5.10 Å². The van der Waals surface area contributed by atoms with Crippen LogP contribution in [-0.4, -0.2) is 76.3 Å². The molecule has 35 heavy (non-hydrogen) atoms. The number of nitrogens with zero attached hydrogens (tertiary/aromatic N) is 6. The SMILES string of the molecule is Oc1c(F)cc(-c2cnn(-c3ccc(N4CCCC4)cc3)c2)cc1/C=N/N1CCN(C2CC2)CC1. The van der Waals surface area contributed by atoms with Gasteiger partial charge in [-0.2, -0.15) is 10.2 Å². The zero-order valence-electron chi connectivity index (χ0n) is 19.9. The second kappa shape index (κ2) is 9.34. The van der Waals surface area contributed by atoms with Crippen LogP contribution in [0.3, 0.4) is 0 Å². The molecule has 0 atom stereocenters. The topological polar surface area (TPSA) is 60.1 Å². The number of hydrogen-bond acceptors (Lipinski definition) is 6. The van der Waals surface area contributed by atoms with Crippen molar-refractivity contribution < 1.29 is 9.50 Å². The summed E-state index contributed by atoms with van der Waals surface area (Å²) in [6.07, 6.45) is 10.3. The molecule has 0 unspecified atom stereocenters. The molecule has 6 rings (SSSR count). The first-order valence-electron chi connectivity index (χ1n) is 12.6. The first-order chi connectivity index (χ1) is 17.1. The second-order valence-electron chi connectivity index (χ2n) is 9.75. The van der Waals surface area contributed by atoms with Crippen molar-refractivity contribution in [3.05, 3.63) is 60.2 Å². The molecule has 3 fully saturated rings. The van der Waals surface area contributed by atoms with E-state index in [1.54, 1.807) is 23.2 Å². The molecule has 3 aliphatic rings. The van der Waals surface area contributed by atoms with E-state index in [2.05, 4.69) is 44.3 Å². The lowest BCUT2D eigenvalue weighted by atomic mass is 10.1. The molecule has 1 saturated carbocycles. The third kappa shape index (κ3) is 4.75. The number of aromatic nitrogens is 2. The largest absolute Gasteiger partial charge is 0.504 e. The lowest BCUT2D eigenvalue weighted by Crippen LogP contribution is -2.45. The minimum atomic E-state index is -0.662. The van der Waals surface area contributed by atoms with E-state index in [4.69, 9.17) is 0 Å². The van der Waals surface area contributed by atoms with Gasteiger partial charge in [0.25, 0.3) is 0 Å². The summed E-state index contributed by atoms with van der Waals surface area (Å²) in [6, 6.07) is 12.2. The number of aromatic hydroxyl groups is 1. The normalized spacial score (nSPS) is 19.2. The van der Waals surface area contributed by atoms with Gasteiger partial charge in [0.05, 0.1) is 18.1 Å². The zero-order chi connectivity index (χ0) is 23.8. The molecule has 2 aromatic carbocycles. The van der Waals surface area contributed by atoms with Gasteiger partial charge in [0, 0.05) is 68.3 Å². The van der Waals surface area contributed by atoms with Gasteiger partial charge in [-0.05, 0) is 67.6 Å². The van der Waals surface area contributed by atoms with Gasteiger partial charge in [-0.1, -0.05) is 0 Å². The molecule has 3 aromatic rings. The number of halogens is 1. The quantitative estimate of drug-likeness (QED) is 0.545. The summed E-state index contributed by atoms with van der Waals surface area (Å²) >= 11 is 0. The molecule has 182 valence electrons. The van der Waals surface area contributed by atoms with E-state index in [0.29, 0.717) is 11.1 Å². The van der Waals surface area contributed by atoms with Crippen molar-refractivity contribution in [3.8, 4) is 22.6 Å². The van der Waals surface area contributed by atoms with E-state index in [1.165, 1.54) is 37.4 Å². The minimum Gasteiger partial charge on any atom is -0.504 e. The predicted octanol–water partition coefficient (Wildman–Crippen LogP) is 4.10. The maximum Gasteiger partial charge on any atom is 0.166 e. The van der Waals surface area contributed by atoms with Crippen LogP contribution in [0.25, 0.3) is 16.8 Å². The Labute approximate surface area is 205 Å². The van der Waals surface area contributed by atoms with Gasteiger partial charge >= 0.3 is 0 Å². The highest BCUT2D eigenvalue weighted by Gasteiger charge is 2.30. The van der Waals surface area contributed by atoms with Gasteiger partial charge < -0.3 is 10.0 Å². The molecule has 0 radical (unpaired) electrons. The fourth-order valence-corrected chi connectivity index (χ4v) is 5.07. The van der Waals surface area contributed by atoms with E-state index in [-0.39, 0.29) is 5.75 Å². The third-order valence-electron chi connectivity index (χ3n) is 7.31. The van der Waals surface area contributed by atoms with Crippen molar-refractivity contribution in [1.29, 1.82) is 0 Å². The second-order valence-corrected chi connectivity index (χ2v) is 9.75. The number of phenolic OH excluding ortho intramolecular Hbond substituents is 1. The Morgan fingerprint density at radius 1 is 0.914 bits per heavy atom. The van der Waals surface area contributed by atoms with Gasteiger partial charge in [-0.15, -0.1) is 0 Å². The predicted molar refractivity (Wildman–Crippen MR) is 136 cm³/mol. The molecule has 1 aliphatic carbocycles. The van der Waals surface area contributed by atoms with E-state index in [9.17, 15) is 9.50 Å². The van der Waals surface area contributed by atoms with Crippen LogP contribution in [0.2, 0.25) is 0 Å². The molecule has 1 aromatic heterocycles. The molecule has 0 spiro atoms. The minimum absolute atomic E-state index is 0.368. The van der Waals surface area contributed by atoms with E-state index in [0.717, 1.165) is 56.6 Å². The average molecular weight is 475 g/mol. The molecule has 3 heterocycles. The summed E-state index contributed by atoms with van der Waals surface area (Å²) in [6.45, 7) is 5.92. The maximum atomic E-state index is 14.6. The summed E-state index contributed by atoms with van der Waals surface area (Å²) in [5.74, 6) is -1.04.